The van der Waals surface area contributed by atoms with E-state index in [9.17, 15) is 4.79 Å². The minimum atomic E-state index is -0.459. The largest absolute Gasteiger partial charge is 0.484 e. The number of aromatic nitrogens is 2. The van der Waals surface area contributed by atoms with Crippen LogP contribution in [0.1, 0.15) is 18.4 Å². The van der Waals surface area contributed by atoms with Crippen LogP contribution in [0.4, 0.5) is 0 Å². The van der Waals surface area contributed by atoms with Crippen molar-refractivity contribution >= 4 is 5.91 Å². The van der Waals surface area contributed by atoms with E-state index < -0.39 is 5.91 Å². The fourth-order valence-electron chi connectivity index (χ4n) is 3.28. The van der Waals surface area contributed by atoms with E-state index in [0.717, 1.165) is 26.2 Å². The van der Waals surface area contributed by atoms with Gasteiger partial charge in [0.05, 0.1) is 6.33 Å². The van der Waals surface area contributed by atoms with Gasteiger partial charge in [-0.15, -0.1) is 0 Å². The molecule has 128 valence electrons. The van der Waals surface area contributed by atoms with Crippen molar-refractivity contribution in [2.45, 2.75) is 25.9 Å². The minimum absolute atomic E-state index is 0.0832. The number of carbonyl (C=O) groups is 1. The molecule has 1 saturated heterocycles. The number of carbonyl (C=O) groups excluding carboxylic acids is 1. The molecule has 0 bridgehead atoms. The second kappa shape index (κ2) is 7.97. The summed E-state index contributed by atoms with van der Waals surface area (Å²) in [5.74, 6) is 0.888. The van der Waals surface area contributed by atoms with Crippen molar-refractivity contribution in [1.29, 1.82) is 0 Å². The van der Waals surface area contributed by atoms with Crippen molar-refractivity contribution in [2.24, 2.45) is 11.7 Å². The molecule has 2 heterocycles. The maximum absolute atomic E-state index is 10.8. The van der Waals surface area contributed by atoms with Gasteiger partial charge < -0.3 is 15.0 Å². The van der Waals surface area contributed by atoms with E-state index in [2.05, 4.69) is 20.5 Å². The van der Waals surface area contributed by atoms with Crippen molar-refractivity contribution in [2.75, 3.05) is 19.7 Å². The van der Waals surface area contributed by atoms with Crippen LogP contribution in [0.2, 0.25) is 0 Å². The van der Waals surface area contributed by atoms with Gasteiger partial charge in [-0.3, -0.25) is 9.69 Å². The van der Waals surface area contributed by atoms with E-state index in [1.54, 1.807) is 0 Å². The zero-order chi connectivity index (χ0) is 16.8. The fraction of sp³-hybridized carbons (Fsp3) is 0.444. The van der Waals surface area contributed by atoms with E-state index in [1.165, 1.54) is 18.4 Å². The number of imidazole rings is 1. The third kappa shape index (κ3) is 4.83. The van der Waals surface area contributed by atoms with E-state index in [-0.39, 0.29) is 6.61 Å². The summed E-state index contributed by atoms with van der Waals surface area (Å²) in [5, 5.41) is 0. The van der Waals surface area contributed by atoms with Crippen LogP contribution in [0.25, 0.3) is 0 Å². The molecule has 1 aromatic carbocycles. The number of hydrogen-bond donors (Lipinski definition) is 1. The highest BCUT2D eigenvalue weighted by Crippen LogP contribution is 2.21. The van der Waals surface area contributed by atoms with Crippen molar-refractivity contribution < 1.29 is 9.53 Å². The topological polar surface area (TPSA) is 73.4 Å². The molecule has 1 atom stereocenters. The van der Waals surface area contributed by atoms with Gasteiger partial charge in [0, 0.05) is 32.0 Å². The standard InChI is InChI=1S/C18H24N4O2/c19-18(23)13-24-17-5-1-3-15(9-17)10-21-7-2-4-16(11-21)12-22-8-6-20-14-22/h1,3,5-6,8-9,14,16H,2,4,7,10-13H2,(H2,19,23)/t16-/m1/s1. The van der Waals surface area contributed by atoms with Crippen LogP contribution in [0.15, 0.2) is 43.0 Å². The Morgan fingerprint density at radius 1 is 1.42 bits per heavy atom. The molecule has 2 N–H and O–H groups in total. The lowest BCUT2D eigenvalue weighted by Gasteiger charge is -2.33. The van der Waals surface area contributed by atoms with Crippen LogP contribution in [0.5, 0.6) is 5.75 Å². The highest BCUT2D eigenvalue weighted by atomic mass is 16.5. The van der Waals surface area contributed by atoms with Gasteiger partial charge in [-0.05, 0) is 43.0 Å². The van der Waals surface area contributed by atoms with Crippen LogP contribution in [0, 0.1) is 5.92 Å². The molecule has 0 spiro atoms. The number of hydrogen-bond acceptors (Lipinski definition) is 4. The molecular weight excluding hydrogens is 304 g/mol. The Kier molecular flexibility index (Phi) is 5.48. The van der Waals surface area contributed by atoms with Gasteiger partial charge >= 0.3 is 0 Å². The van der Waals surface area contributed by atoms with Gasteiger partial charge in [0.15, 0.2) is 6.61 Å². The maximum atomic E-state index is 10.8. The lowest BCUT2D eigenvalue weighted by Crippen LogP contribution is -2.36. The first-order valence-corrected chi connectivity index (χ1v) is 8.37. The van der Waals surface area contributed by atoms with Crippen LogP contribution in [0.3, 0.4) is 0 Å². The summed E-state index contributed by atoms with van der Waals surface area (Å²) >= 11 is 0. The maximum Gasteiger partial charge on any atom is 0.255 e. The molecule has 24 heavy (non-hydrogen) atoms. The van der Waals surface area contributed by atoms with E-state index in [1.807, 2.05) is 36.9 Å². The third-order valence-electron chi connectivity index (χ3n) is 4.32. The minimum Gasteiger partial charge on any atom is -0.484 e. The van der Waals surface area contributed by atoms with Crippen LogP contribution in [-0.2, 0) is 17.9 Å². The lowest BCUT2D eigenvalue weighted by molar-refractivity contribution is -0.119. The molecule has 0 saturated carbocycles. The molecule has 0 radical (unpaired) electrons. The summed E-state index contributed by atoms with van der Waals surface area (Å²) in [6.45, 7) is 4.05. The first-order valence-electron chi connectivity index (χ1n) is 8.37. The monoisotopic (exact) mass is 328 g/mol. The number of nitrogens with zero attached hydrogens (tertiary/aromatic N) is 3. The number of nitrogens with two attached hydrogens (primary N) is 1. The van der Waals surface area contributed by atoms with Crippen LogP contribution >= 0.6 is 0 Å². The Morgan fingerprint density at radius 2 is 2.33 bits per heavy atom. The number of rotatable bonds is 7. The number of ether oxygens (including phenoxy) is 1. The summed E-state index contributed by atoms with van der Waals surface area (Å²) in [7, 11) is 0. The predicted molar refractivity (Wildman–Crippen MR) is 91.4 cm³/mol. The fourth-order valence-corrected chi connectivity index (χ4v) is 3.28. The summed E-state index contributed by atoms with van der Waals surface area (Å²) in [5.41, 5.74) is 6.31. The Labute approximate surface area is 142 Å². The number of likely N-dealkylation sites (tertiary alicyclic amines) is 1. The van der Waals surface area contributed by atoms with Gasteiger partial charge in [-0.1, -0.05) is 12.1 Å². The molecular formula is C18H24N4O2. The molecule has 1 aliphatic rings. The number of piperidine rings is 1. The van der Waals surface area contributed by atoms with Crippen LogP contribution < -0.4 is 10.5 Å². The Balaban J connectivity index is 1.55. The molecule has 6 nitrogen and oxygen atoms in total. The van der Waals surface area contributed by atoms with Gasteiger partial charge in [-0.2, -0.15) is 0 Å². The molecule has 0 aliphatic carbocycles. The molecule has 1 aromatic heterocycles. The molecule has 2 aromatic rings. The van der Waals surface area contributed by atoms with Gasteiger partial charge in [0.25, 0.3) is 5.91 Å². The second-order valence-corrected chi connectivity index (χ2v) is 6.41. The predicted octanol–water partition coefficient (Wildman–Crippen LogP) is 1.66. The second-order valence-electron chi connectivity index (χ2n) is 6.41. The molecule has 6 heteroatoms. The normalized spacial score (nSPS) is 18.4. The third-order valence-corrected chi connectivity index (χ3v) is 4.32. The summed E-state index contributed by atoms with van der Waals surface area (Å²) < 4.78 is 7.54. The molecule has 3 rings (SSSR count). The Hall–Kier alpha value is -2.34. The van der Waals surface area contributed by atoms with E-state index in [0.29, 0.717) is 11.7 Å². The Morgan fingerprint density at radius 3 is 3.12 bits per heavy atom. The van der Waals surface area contributed by atoms with Gasteiger partial charge in [-0.25, -0.2) is 4.98 Å². The van der Waals surface area contributed by atoms with Crippen LogP contribution in [-0.4, -0.2) is 40.1 Å². The van der Waals surface area contributed by atoms with Crippen molar-refractivity contribution in [3.05, 3.63) is 48.5 Å². The zero-order valence-corrected chi connectivity index (χ0v) is 13.8. The summed E-state index contributed by atoms with van der Waals surface area (Å²) in [4.78, 5) is 17.4. The molecule has 1 fully saturated rings. The Bertz CT molecular complexity index is 657. The average Bonchev–Trinajstić information content (AvgIpc) is 3.07. The highest BCUT2D eigenvalue weighted by Gasteiger charge is 2.20. The smallest absolute Gasteiger partial charge is 0.255 e. The number of primary amides is 1. The van der Waals surface area contributed by atoms with Gasteiger partial charge in [0.1, 0.15) is 5.75 Å². The van der Waals surface area contributed by atoms with Crippen molar-refractivity contribution in [3.8, 4) is 5.75 Å². The van der Waals surface area contributed by atoms with Gasteiger partial charge in [0.2, 0.25) is 0 Å². The first kappa shape index (κ1) is 16.5. The first-order chi connectivity index (χ1) is 11.7. The lowest BCUT2D eigenvalue weighted by atomic mass is 9.97. The summed E-state index contributed by atoms with van der Waals surface area (Å²) in [6.07, 6.45) is 8.23. The average molecular weight is 328 g/mol. The molecule has 1 amide bonds. The van der Waals surface area contributed by atoms with E-state index in [4.69, 9.17) is 10.5 Å². The quantitative estimate of drug-likeness (QED) is 0.839. The molecule has 1 aliphatic heterocycles. The van der Waals surface area contributed by atoms with E-state index >= 15 is 0 Å². The number of amides is 1. The SMILES string of the molecule is NC(=O)COc1cccc(CN2CCC[C@@H](Cn3ccnc3)C2)c1. The zero-order valence-electron chi connectivity index (χ0n) is 13.8. The molecule has 0 unspecified atom stereocenters. The highest BCUT2D eigenvalue weighted by molar-refractivity contribution is 5.75. The van der Waals surface area contributed by atoms with Crippen molar-refractivity contribution in [3.63, 3.8) is 0 Å². The van der Waals surface area contributed by atoms with Crippen molar-refractivity contribution in [1.82, 2.24) is 14.5 Å². The summed E-state index contributed by atoms with van der Waals surface area (Å²) in [6, 6.07) is 7.89. The number of benzene rings is 1.